The number of ether oxygens (including phenoxy) is 2. The molecule has 158 valence electrons. The lowest BCUT2D eigenvalue weighted by atomic mass is 9.91. The van der Waals surface area contributed by atoms with Crippen molar-refractivity contribution >= 4 is 18.4 Å². The van der Waals surface area contributed by atoms with Crippen molar-refractivity contribution in [2.75, 3.05) is 13.7 Å². The summed E-state index contributed by atoms with van der Waals surface area (Å²) in [5.74, 6) is -0.0313. The summed E-state index contributed by atoms with van der Waals surface area (Å²) < 4.78 is 26.3. The Morgan fingerprint density at radius 3 is 2.36 bits per heavy atom. The first-order chi connectivity index (χ1) is 12.8. The molecular formula is C21H34NO5P. The lowest BCUT2D eigenvalue weighted by Crippen LogP contribution is -2.52. The molecule has 1 aliphatic heterocycles. The Balaban J connectivity index is 2.55. The zero-order chi connectivity index (χ0) is 21.5. The summed E-state index contributed by atoms with van der Waals surface area (Å²) in [6.45, 7) is 12.9. The van der Waals surface area contributed by atoms with Crippen LogP contribution in [0.5, 0.6) is 11.5 Å². The summed E-state index contributed by atoms with van der Waals surface area (Å²) in [7, 11) is -1.69. The Morgan fingerprint density at radius 2 is 1.89 bits per heavy atom. The summed E-state index contributed by atoms with van der Waals surface area (Å²) in [4.78, 5) is 13.2. The predicted molar refractivity (Wildman–Crippen MR) is 112 cm³/mol. The van der Waals surface area contributed by atoms with Gasteiger partial charge in [-0.15, -0.1) is 0 Å². The molecule has 0 saturated carbocycles. The Labute approximate surface area is 168 Å². The van der Waals surface area contributed by atoms with Crippen LogP contribution in [0.2, 0.25) is 0 Å². The maximum atomic E-state index is 14.6. The lowest BCUT2D eigenvalue weighted by molar-refractivity contribution is -0.133. The van der Waals surface area contributed by atoms with Crippen molar-refractivity contribution in [3.8, 4) is 11.5 Å². The minimum absolute atomic E-state index is 0.0703. The van der Waals surface area contributed by atoms with Gasteiger partial charge in [0.15, 0.2) is 13.0 Å². The highest BCUT2D eigenvalue weighted by atomic mass is 31.2. The summed E-state index contributed by atoms with van der Waals surface area (Å²) in [6.07, 6.45) is 0. The van der Waals surface area contributed by atoms with E-state index in [2.05, 4.69) is 5.32 Å². The third-order valence-corrected chi connectivity index (χ3v) is 10.1. The van der Waals surface area contributed by atoms with Crippen LogP contribution >= 0.6 is 7.14 Å². The number of carbonyl (C=O) groups is 1. The molecule has 1 heterocycles. The molecule has 0 aromatic heterocycles. The molecule has 3 atom stereocenters. The first kappa shape index (κ1) is 22.8. The molecule has 0 bridgehead atoms. The molecule has 6 nitrogen and oxygen atoms in total. The second kappa shape index (κ2) is 7.72. The van der Waals surface area contributed by atoms with E-state index in [1.165, 1.54) is 0 Å². The van der Waals surface area contributed by atoms with E-state index in [9.17, 15) is 14.5 Å². The molecule has 1 aromatic carbocycles. The highest BCUT2D eigenvalue weighted by Crippen LogP contribution is 2.70. The van der Waals surface area contributed by atoms with Crippen LogP contribution in [-0.4, -0.2) is 41.8 Å². The minimum atomic E-state index is -3.23. The van der Waals surface area contributed by atoms with Crippen LogP contribution in [-0.2, 0) is 9.36 Å². The number of amides is 1. The summed E-state index contributed by atoms with van der Waals surface area (Å²) in [5.41, 5.74) is -1.09. The van der Waals surface area contributed by atoms with Gasteiger partial charge in [0.1, 0.15) is 11.5 Å². The maximum Gasteiger partial charge on any atom is 0.230 e. The molecule has 7 heteroatoms. The highest BCUT2D eigenvalue weighted by Gasteiger charge is 2.61. The van der Waals surface area contributed by atoms with Gasteiger partial charge in [-0.2, -0.15) is 0 Å². The Hall–Kier alpha value is -1.52. The third kappa shape index (κ3) is 3.57. The number of methoxy groups -OCH3 is 1. The molecular weight excluding hydrogens is 377 g/mol. The molecule has 28 heavy (non-hydrogen) atoms. The number of aliphatic hydroxyl groups excluding tert-OH is 1. The van der Waals surface area contributed by atoms with Crippen molar-refractivity contribution < 1.29 is 23.9 Å². The SMILES string of the molecule is COc1cccc2c1P(=O)(C(C)(C)C)C(C(C)(C)C(=O)NC(CO)C(C)C)O2. The fraction of sp³-hybridized carbons (Fsp3) is 0.667. The van der Waals surface area contributed by atoms with Gasteiger partial charge in [-0.25, -0.2) is 0 Å². The molecule has 0 radical (unpaired) electrons. The number of hydrogen-bond donors (Lipinski definition) is 2. The molecule has 2 N–H and O–H groups in total. The van der Waals surface area contributed by atoms with Crippen molar-refractivity contribution in [2.45, 2.75) is 65.5 Å². The van der Waals surface area contributed by atoms with Gasteiger partial charge in [-0.05, 0) is 31.9 Å². The van der Waals surface area contributed by atoms with Crippen LogP contribution in [0, 0.1) is 11.3 Å². The minimum Gasteiger partial charge on any atom is -0.496 e. The molecule has 3 unspecified atom stereocenters. The van der Waals surface area contributed by atoms with Crippen molar-refractivity contribution in [1.82, 2.24) is 5.32 Å². The average Bonchev–Trinajstić information content (AvgIpc) is 2.94. The maximum absolute atomic E-state index is 14.6. The zero-order valence-corrected chi connectivity index (χ0v) is 19.1. The zero-order valence-electron chi connectivity index (χ0n) is 18.2. The molecule has 1 aliphatic rings. The number of nitrogens with one attached hydrogen (secondary N) is 1. The fourth-order valence-corrected chi connectivity index (χ4v) is 7.42. The smallest absolute Gasteiger partial charge is 0.230 e. The molecule has 0 saturated heterocycles. The molecule has 0 spiro atoms. The van der Waals surface area contributed by atoms with E-state index in [1.54, 1.807) is 39.2 Å². The van der Waals surface area contributed by atoms with Crippen molar-refractivity contribution in [3.05, 3.63) is 18.2 Å². The lowest BCUT2D eigenvalue weighted by Gasteiger charge is -2.39. The number of hydrogen-bond acceptors (Lipinski definition) is 5. The summed E-state index contributed by atoms with van der Waals surface area (Å²) in [6, 6.07) is 4.96. The van der Waals surface area contributed by atoms with Crippen LogP contribution in [0.4, 0.5) is 0 Å². The number of carbonyl (C=O) groups excluding carboxylic acids is 1. The Morgan fingerprint density at radius 1 is 1.29 bits per heavy atom. The van der Waals surface area contributed by atoms with E-state index >= 15 is 0 Å². The molecule has 1 aromatic rings. The summed E-state index contributed by atoms with van der Waals surface area (Å²) >= 11 is 0. The van der Waals surface area contributed by atoms with E-state index in [0.717, 1.165) is 0 Å². The second-order valence-corrected chi connectivity index (χ2v) is 12.9. The first-order valence-corrected chi connectivity index (χ1v) is 11.5. The standard InChI is InChI=1S/C21H34NO5P/c1-13(2)14(12-23)22-18(24)21(6,7)19-27-16-11-9-10-15(26-8)17(16)28(19,25)20(3,4)5/h9-11,13-14,19,23H,12H2,1-8H3,(H,22,24). The van der Waals surface area contributed by atoms with Crippen LogP contribution in [0.15, 0.2) is 18.2 Å². The summed E-state index contributed by atoms with van der Waals surface area (Å²) in [5, 5.41) is 12.4. The van der Waals surface area contributed by atoms with Crippen LogP contribution in [0.25, 0.3) is 0 Å². The van der Waals surface area contributed by atoms with Gasteiger partial charge in [0, 0.05) is 5.16 Å². The third-order valence-electron chi connectivity index (χ3n) is 5.60. The van der Waals surface area contributed by atoms with Crippen molar-refractivity contribution in [3.63, 3.8) is 0 Å². The average molecular weight is 411 g/mol. The van der Waals surface area contributed by atoms with Gasteiger partial charge < -0.3 is 24.5 Å². The number of aliphatic hydroxyl groups is 1. The first-order valence-electron chi connectivity index (χ1n) is 9.68. The topological polar surface area (TPSA) is 84.9 Å². The van der Waals surface area contributed by atoms with Crippen LogP contribution in [0.3, 0.4) is 0 Å². The van der Waals surface area contributed by atoms with E-state index in [4.69, 9.17) is 9.47 Å². The molecule has 1 amide bonds. The quantitative estimate of drug-likeness (QED) is 0.701. The number of benzene rings is 1. The van der Waals surface area contributed by atoms with E-state index in [-0.39, 0.29) is 24.5 Å². The molecule has 0 aliphatic carbocycles. The van der Waals surface area contributed by atoms with Gasteiger partial charge in [-0.3, -0.25) is 4.79 Å². The predicted octanol–water partition coefficient (Wildman–Crippen LogP) is 3.36. The Kier molecular flexibility index (Phi) is 6.28. The molecule has 2 rings (SSSR count). The molecule has 0 fully saturated rings. The van der Waals surface area contributed by atoms with Crippen molar-refractivity contribution in [1.29, 1.82) is 0 Å². The van der Waals surface area contributed by atoms with E-state index in [1.807, 2.05) is 34.6 Å². The van der Waals surface area contributed by atoms with Crippen LogP contribution in [0.1, 0.15) is 48.5 Å². The van der Waals surface area contributed by atoms with Crippen LogP contribution < -0.4 is 20.1 Å². The Bertz CT molecular complexity index is 781. The second-order valence-electron chi connectivity index (χ2n) is 9.33. The van der Waals surface area contributed by atoms with Gasteiger partial charge in [0.25, 0.3) is 0 Å². The largest absolute Gasteiger partial charge is 0.496 e. The van der Waals surface area contributed by atoms with E-state index in [0.29, 0.717) is 16.8 Å². The van der Waals surface area contributed by atoms with Gasteiger partial charge in [0.05, 0.1) is 30.5 Å². The van der Waals surface area contributed by atoms with Gasteiger partial charge >= 0.3 is 0 Å². The monoisotopic (exact) mass is 411 g/mol. The highest BCUT2D eigenvalue weighted by molar-refractivity contribution is 7.74. The van der Waals surface area contributed by atoms with Gasteiger partial charge in [0.2, 0.25) is 5.91 Å². The van der Waals surface area contributed by atoms with Crippen molar-refractivity contribution in [2.24, 2.45) is 11.3 Å². The van der Waals surface area contributed by atoms with E-state index < -0.39 is 23.6 Å². The number of rotatable bonds is 6. The van der Waals surface area contributed by atoms with Gasteiger partial charge in [-0.1, -0.05) is 40.7 Å². The number of fused-ring (bicyclic) bond motifs is 1. The fourth-order valence-electron chi connectivity index (χ4n) is 3.58. The normalized spacial score (nSPS) is 23.1.